The molecule has 0 saturated heterocycles. The summed E-state index contributed by atoms with van der Waals surface area (Å²) in [4.78, 5) is 0. The van der Waals surface area contributed by atoms with E-state index in [1.165, 1.54) is 0 Å². The van der Waals surface area contributed by atoms with Crippen LogP contribution in [-0.2, 0) is 23.3 Å². The van der Waals surface area contributed by atoms with Gasteiger partial charge in [0.2, 0.25) is 0 Å². The molecule has 0 aromatic rings. The topological polar surface area (TPSA) is 9.23 Å². The first-order valence-electron chi connectivity index (χ1n) is 1.32. The van der Waals surface area contributed by atoms with E-state index >= 15 is 0 Å². The molecule has 0 aromatic carbocycles. The van der Waals surface area contributed by atoms with E-state index < -0.39 is 0 Å². The first kappa shape index (κ1) is 9.88. The van der Waals surface area contributed by atoms with Crippen molar-refractivity contribution in [2.75, 3.05) is 0 Å². The van der Waals surface area contributed by atoms with Gasteiger partial charge in [-0.3, -0.25) is 0 Å². The Kier molecular flexibility index (Phi) is 34.0. The van der Waals surface area contributed by atoms with Crippen molar-refractivity contribution in [2.24, 2.45) is 0 Å². The van der Waals surface area contributed by atoms with Gasteiger partial charge in [0.15, 0.2) is 0 Å². The summed E-state index contributed by atoms with van der Waals surface area (Å²) in [5.41, 5.74) is 0. The molecule has 4 heteroatoms. The van der Waals surface area contributed by atoms with Gasteiger partial charge in [-0.05, 0) is 0 Å². The maximum atomic E-state index is 4.53. The van der Waals surface area contributed by atoms with E-state index in [0.717, 1.165) is 33.2 Å². The Bertz CT molecular complexity index is 9.61. The zero-order chi connectivity index (χ0) is 4.71. The Morgan fingerprint density at radius 2 is 1.40 bits per heavy atom. The molecule has 0 aliphatic heterocycles. The fourth-order valence-electron chi connectivity index (χ4n) is 0. The summed E-state index contributed by atoms with van der Waals surface area (Å²) in [7, 11) is 0. The van der Waals surface area contributed by atoms with Crippen molar-refractivity contribution < 1.29 is 23.3 Å². The summed E-state index contributed by atoms with van der Waals surface area (Å²) in [6, 6.07) is 0. The van der Waals surface area contributed by atoms with Crippen molar-refractivity contribution >= 4 is 33.2 Å². The summed E-state index contributed by atoms with van der Waals surface area (Å²) in [5, 5.41) is 2.00. The number of rotatable bonds is 0. The van der Waals surface area contributed by atoms with Crippen LogP contribution in [0.5, 0.6) is 0 Å². The van der Waals surface area contributed by atoms with E-state index in [1.54, 1.807) is 0 Å². The predicted octanol–water partition coefficient (Wildman–Crippen LogP) is -1.32. The molecule has 0 unspecified atom stereocenters. The Labute approximate surface area is 61.4 Å². The fourth-order valence-corrected chi connectivity index (χ4v) is 0. The molecule has 0 rings (SSSR count). The molecule has 0 atom stereocenters. The summed E-state index contributed by atoms with van der Waals surface area (Å²) in [6.07, 6.45) is 0. The summed E-state index contributed by atoms with van der Waals surface area (Å²) < 4.78 is 4.53. The van der Waals surface area contributed by atoms with Gasteiger partial charge in [0.05, 0.1) is 0 Å². The predicted molar refractivity (Wildman–Crippen MR) is 24.0 cm³/mol. The van der Waals surface area contributed by atoms with E-state index in [9.17, 15) is 0 Å². The molecule has 0 spiro atoms. The van der Waals surface area contributed by atoms with Crippen LogP contribution < -0.4 is 0 Å². The molecule has 0 bridgehead atoms. The fraction of sp³-hybridized carbons (Fsp3) is 1.00. The van der Waals surface area contributed by atoms with Crippen LogP contribution in [0.1, 0.15) is 0 Å². The van der Waals surface area contributed by atoms with Crippen molar-refractivity contribution in [1.29, 1.82) is 0 Å². The Morgan fingerprint density at radius 3 is 1.40 bits per heavy atom. The average Bonchev–Trinajstić information content (AvgIpc) is 1.46. The maximum absolute atomic E-state index is 4.53. The third-order valence-corrected chi connectivity index (χ3v) is 0. The van der Waals surface area contributed by atoms with Crippen molar-refractivity contribution in [3.8, 4) is 0 Å². The summed E-state index contributed by atoms with van der Waals surface area (Å²) in [5.74, 6) is 0. The van der Waals surface area contributed by atoms with Crippen LogP contribution in [0.3, 0.4) is 0 Å². The molecule has 27 valence electrons. The van der Waals surface area contributed by atoms with Crippen LogP contribution in [0.15, 0.2) is 0 Å². The monoisotopic (exact) mass is 137 g/mol. The minimum absolute atomic E-state index is 0.931. The average molecular weight is 137 g/mol. The molecule has 0 fully saturated rings. The van der Waals surface area contributed by atoms with E-state index in [1.807, 2.05) is 25.7 Å². The SMILES string of the molecule is [AlH2][O][AlH2].[CH3][Ti]. The normalized spacial score (nSPS) is 4.00. The van der Waals surface area contributed by atoms with Gasteiger partial charge in [0.25, 0.3) is 0 Å². The summed E-state index contributed by atoms with van der Waals surface area (Å²) in [6.45, 7) is 0. The zero-order valence-corrected chi connectivity index (χ0v) is 9.47. The Balaban J connectivity index is 0. The molecule has 0 N–H and O–H groups in total. The number of hydrogen-bond acceptors (Lipinski definition) is 1. The Morgan fingerprint density at radius 1 is 1.40 bits per heavy atom. The van der Waals surface area contributed by atoms with Gasteiger partial charge in [-0.2, -0.15) is 0 Å². The van der Waals surface area contributed by atoms with Gasteiger partial charge in [0, 0.05) is 0 Å². The van der Waals surface area contributed by atoms with E-state index in [2.05, 4.69) is 2.84 Å². The van der Waals surface area contributed by atoms with Crippen molar-refractivity contribution in [3.05, 3.63) is 0 Å². The van der Waals surface area contributed by atoms with Crippen LogP contribution in [0.4, 0.5) is 0 Å². The van der Waals surface area contributed by atoms with Crippen LogP contribution in [0, 0.1) is 0 Å². The third-order valence-electron chi connectivity index (χ3n) is 0. The molecule has 0 radical (unpaired) electrons. The van der Waals surface area contributed by atoms with Crippen molar-refractivity contribution in [2.45, 2.75) is 5.23 Å². The third kappa shape index (κ3) is 26.5. The van der Waals surface area contributed by atoms with Crippen LogP contribution in [0.25, 0.3) is 0 Å². The van der Waals surface area contributed by atoms with Gasteiger partial charge in [-0.25, -0.2) is 0 Å². The van der Waals surface area contributed by atoms with Crippen molar-refractivity contribution in [1.82, 2.24) is 0 Å². The number of hydrogen-bond donors (Lipinski definition) is 0. The van der Waals surface area contributed by atoms with Crippen LogP contribution in [0.2, 0.25) is 5.23 Å². The molecule has 0 heterocycles. The standard InChI is InChI=1S/CH3.2Al.O.Ti.4H/h1H3;;;;;;;;. The first-order valence-corrected chi connectivity index (χ1v) is 4.51. The molecule has 1 nitrogen and oxygen atoms in total. The van der Waals surface area contributed by atoms with Gasteiger partial charge in [-0.15, -0.1) is 0 Å². The van der Waals surface area contributed by atoms with E-state index in [-0.39, 0.29) is 0 Å². The second kappa shape index (κ2) is 17.2. The molecule has 0 aliphatic carbocycles. The molecule has 0 amide bonds. The second-order valence-corrected chi connectivity index (χ2v) is 3.67. The van der Waals surface area contributed by atoms with E-state index in [0.29, 0.717) is 0 Å². The zero-order valence-electron chi connectivity index (χ0n) is 3.91. The van der Waals surface area contributed by atoms with Gasteiger partial charge in [0.1, 0.15) is 0 Å². The molecule has 0 saturated carbocycles. The van der Waals surface area contributed by atoms with Gasteiger partial charge in [-0.1, -0.05) is 0 Å². The molecule has 0 aliphatic rings. The van der Waals surface area contributed by atoms with Gasteiger partial charge >= 0.3 is 58.9 Å². The van der Waals surface area contributed by atoms with E-state index in [4.69, 9.17) is 0 Å². The first-order chi connectivity index (χ1) is 2.41. The molecule has 0 aromatic heterocycles. The quantitative estimate of drug-likeness (QED) is 0.376. The van der Waals surface area contributed by atoms with Gasteiger partial charge < -0.3 is 2.84 Å². The van der Waals surface area contributed by atoms with Crippen LogP contribution in [-0.4, -0.2) is 33.2 Å². The van der Waals surface area contributed by atoms with Crippen LogP contribution >= 0.6 is 0 Å². The molecular formula is CH7Al2OTi. The Hall–Kier alpha value is 1.74. The van der Waals surface area contributed by atoms with Crippen molar-refractivity contribution in [3.63, 3.8) is 0 Å². The summed E-state index contributed by atoms with van der Waals surface area (Å²) >= 11 is 3.86. The minimum atomic E-state index is 0.931. The molecule has 5 heavy (non-hydrogen) atoms. The second-order valence-electron chi connectivity index (χ2n) is 0.408. The molecular weight excluding hydrogens is 130 g/mol.